The van der Waals surface area contributed by atoms with Gasteiger partial charge in [0.25, 0.3) is 11.8 Å². The zero-order valence-electron chi connectivity index (χ0n) is 16.8. The van der Waals surface area contributed by atoms with Crippen molar-refractivity contribution in [1.82, 2.24) is 20.1 Å². The van der Waals surface area contributed by atoms with Crippen molar-refractivity contribution in [3.8, 4) is 0 Å². The molecule has 2 aliphatic heterocycles. The van der Waals surface area contributed by atoms with E-state index in [-0.39, 0.29) is 17.9 Å². The predicted octanol–water partition coefficient (Wildman–Crippen LogP) is 3.74. The first kappa shape index (κ1) is 19.0. The summed E-state index contributed by atoms with van der Waals surface area (Å²) >= 11 is 1.38. The van der Waals surface area contributed by atoms with E-state index in [0.717, 1.165) is 42.8 Å². The normalized spacial score (nSPS) is 18.5. The molecule has 7 nitrogen and oxygen atoms in total. The molecule has 0 radical (unpaired) electrons. The summed E-state index contributed by atoms with van der Waals surface area (Å²) in [5.41, 5.74) is 5.84. The average Bonchev–Trinajstić information content (AvgIpc) is 3.52. The van der Waals surface area contributed by atoms with E-state index < -0.39 is 0 Å². The van der Waals surface area contributed by atoms with E-state index in [4.69, 9.17) is 0 Å². The molecule has 0 bridgehead atoms. The van der Waals surface area contributed by atoms with Gasteiger partial charge in [0, 0.05) is 18.8 Å². The van der Waals surface area contributed by atoms with Crippen LogP contribution in [0.25, 0.3) is 0 Å². The number of para-hydroxylation sites is 1. The Labute approximate surface area is 178 Å². The molecular formula is C22H23N5O2S. The highest BCUT2D eigenvalue weighted by atomic mass is 32.1. The number of aromatic nitrogens is 3. The molecular weight excluding hydrogens is 398 g/mol. The van der Waals surface area contributed by atoms with Gasteiger partial charge in [-0.05, 0) is 50.3 Å². The number of H-pyrrole nitrogens is 1. The molecule has 1 aromatic carbocycles. The van der Waals surface area contributed by atoms with Crippen LogP contribution in [0.4, 0.5) is 5.69 Å². The number of piperidine rings is 1. The van der Waals surface area contributed by atoms with Crippen molar-refractivity contribution >= 4 is 28.8 Å². The maximum Gasteiger partial charge on any atom is 0.278 e. The van der Waals surface area contributed by atoms with Gasteiger partial charge >= 0.3 is 0 Å². The number of likely N-dealkylation sites (tertiary alicyclic amines) is 1. The number of nitrogens with zero attached hydrogens (tertiary/aromatic N) is 4. The number of hydrogen-bond donors (Lipinski definition) is 1. The van der Waals surface area contributed by atoms with E-state index in [0.29, 0.717) is 23.7 Å². The first-order valence-corrected chi connectivity index (χ1v) is 11.2. The van der Waals surface area contributed by atoms with E-state index in [1.165, 1.54) is 16.9 Å². The maximum absolute atomic E-state index is 13.1. The van der Waals surface area contributed by atoms with Gasteiger partial charge in [0.05, 0.1) is 22.9 Å². The lowest BCUT2D eigenvalue weighted by atomic mass is 9.98. The maximum atomic E-state index is 13.1. The molecule has 2 aromatic heterocycles. The fourth-order valence-electron chi connectivity index (χ4n) is 4.44. The molecule has 30 heavy (non-hydrogen) atoms. The quantitative estimate of drug-likeness (QED) is 0.698. The predicted molar refractivity (Wildman–Crippen MR) is 115 cm³/mol. The summed E-state index contributed by atoms with van der Waals surface area (Å²) in [6.07, 6.45) is 3.73. The van der Waals surface area contributed by atoms with Crippen LogP contribution in [0.1, 0.15) is 62.4 Å². The molecule has 1 fully saturated rings. The number of hydrogen-bond acceptors (Lipinski definition) is 5. The van der Waals surface area contributed by atoms with Gasteiger partial charge < -0.3 is 9.80 Å². The van der Waals surface area contributed by atoms with Crippen LogP contribution in [-0.4, -0.2) is 45.0 Å². The van der Waals surface area contributed by atoms with Gasteiger partial charge in [0.1, 0.15) is 4.88 Å². The summed E-state index contributed by atoms with van der Waals surface area (Å²) < 4.78 is 0. The standard InChI is InChI=1S/C22H23N5O2S/c1-14-20(30-13-23-14)22(29)26-10-5-4-8-19(26)16-12-17(25-24-16)21(28)27-11-9-15-6-2-3-7-18(15)27/h2-3,6-7,12-13,19H,4-5,8-11H2,1H3,(H,24,25). The van der Waals surface area contributed by atoms with Crippen LogP contribution in [0.15, 0.2) is 35.8 Å². The lowest BCUT2D eigenvalue weighted by Crippen LogP contribution is -2.38. The Bertz CT molecular complexity index is 1100. The number of benzene rings is 1. The molecule has 2 amide bonds. The molecule has 1 saturated heterocycles. The summed E-state index contributed by atoms with van der Waals surface area (Å²) in [5, 5.41) is 7.36. The molecule has 1 unspecified atom stereocenters. The second-order valence-electron chi connectivity index (χ2n) is 7.82. The highest BCUT2D eigenvalue weighted by molar-refractivity contribution is 7.11. The minimum absolute atomic E-state index is 0.00986. The number of thiazole rings is 1. The van der Waals surface area contributed by atoms with Gasteiger partial charge in [0.2, 0.25) is 0 Å². The first-order chi connectivity index (χ1) is 14.6. The molecule has 2 aliphatic rings. The molecule has 3 aromatic rings. The van der Waals surface area contributed by atoms with Crippen molar-refractivity contribution in [1.29, 1.82) is 0 Å². The molecule has 5 rings (SSSR count). The Morgan fingerprint density at radius 3 is 2.87 bits per heavy atom. The molecule has 1 atom stereocenters. The second-order valence-corrected chi connectivity index (χ2v) is 8.68. The largest absolute Gasteiger partial charge is 0.329 e. The number of rotatable bonds is 3. The van der Waals surface area contributed by atoms with Crippen molar-refractivity contribution in [2.75, 3.05) is 18.0 Å². The Morgan fingerprint density at radius 1 is 1.17 bits per heavy atom. The first-order valence-electron chi connectivity index (χ1n) is 10.3. The number of carbonyl (C=O) groups is 2. The van der Waals surface area contributed by atoms with E-state index in [1.54, 1.807) is 10.4 Å². The third kappa shape index (κ3) is 3.21. The molecule has 0 aliphatic carbocycles. The van der Waals surface area contributed by atoms with Gasteiger partial charge in [-0.3, -0.25) is 14.7 Å². The summed E-state index contributed by atoms with van der Waals surface area (Å²) in [5.74, 6) is -0.0925. The Morgan fingerprint density at radius 2 is 2.03 bits per heavy atom. The fraction of sp³-hybridized carbons (Fsp3) is 0.364. The van der Waals surface area contributed by atoms with Gasteiger partial charge in [-0.2, -0.15) is 5.10 Å². The van der Waals surface area contributed by atoms with Crippen LogP contribution in [-0.2, 0) is 6.42 Å². The topological polar surface area (TPSA) is 82.2 Å². The molecule has 4 heterocycles. The van der Waals surface area contributed by atoms with Crippen molar-refractivity contribution in [2.45, 2.75) is 38.6 Å². The molecule has 1 N–H and O–H groups in total. The fourth-order valence-corrected chi connectivity index (χ4v) is 5.20. The smallest absolute Gasteiger partial charge is 0.278 e. The van der Waals surface area contributed by atoms with E-state index in [1.807, 2.05) is 36.1 Å². The van der Waals surface area contributed by atoms with Crippen molar-refractivity contribution in [3.63, 3.8) is 0 Å². The zero-order chi connectivity index (χ0) is 20.7. The Balaban J connectivity index is 1.39. The molecule has 0 spiro atoms. The highest BCUT2D eigenvalue weighted by Gasteiger charge is 2.33. The monoisotopic (exact) mass is 421 g/mol. The molecule has 8 heteroatoms. The Kier molecular flexibility index (Phi) is 4.86. The van der Waals surface area contributed by atoms with Gasteiger partial charge in [-0.15, -0.1) is 11.3 Å². The van der Waals surface area contributed by atoms with E-state index in [9.17, 15) is 9.59 Å². The van der Waals surface area contributed by atoms with Crippen LogP contribution < -0.4 is 4.90 Å². The van der Waals surface area contributed by atoms with Gasteiger partial charge in [0.15, 0.2) is 5.69 Å². The van der Waals surface area contributed by atoms with Crippen LogP contribution in [0.5, 0.6) is 0 Å². The van der Waals surface area contributed by atoms with Crippen LogP contribution in [0.3, 0.4) is 0 Å². The number of aryl methyl sites for hydroxylation is 1. The minimum atomic E-state index is -0.104. The summed E-state index contributed by atoms with van der Waals surface area (Å²) in [7, 11) is 0. The lowest BCUT2D eigenvalue weighted by Gasteiger charge is -2.34. The highest BCUT2D eigenvalue weighted by Crippen LogP contribution is 2.33. The molecule has 0 saturated carbocycles. The third-order valence-corrected chi connectivity index (χ3v) is 6.93. The van der Waals surface area contributed by atoms with E-state index >= 15 is 0 Å². The van der Waals surface area contributed by atoms with Gasteiger partial charge in [-0.25, -0.2) is 4.98 Å². The van der Waals surface area contributed by atoms with E-state index in [2.05, 4.69) is 21.2 Å². The Hall–Kier alpha value is -3.00. The number of fused-ring (bicyclic) bond motifs is 1. The number of anilines is 1. The van der Waals surface area contributed by atoms with Crippen molar-refractivity contribution < 1.29 is 9.59 Å². The molecule has 154 valence electrons. The summed E-state index contributed by atoms with van der Waals surface area (Å²) in [4.78, 5) is 34.8. The SMILES string of the molecule is Cc1ncsc1C(=O)N1CCCCC1c1cc(C(=O)N2CCc3ccccc32)n[nH]1. The van der Waals surface area contributed by atoms with Crippen LogP contribution in [0, 0.1) is 6.92 Å². The number of nitrogens with one attached hydrogen (secondary N) is 1. The number of carbonyl (C=O) groups excluding carboxylic acids is 2. The van der Waals surface area contributed by atoms with Crippen LogP contribution in [0.2, 0.25) is 0 Å². The minimum Gasteiger partial charge on any atom is -0.329 e. The third-order valence-electron chi connectivity index (χ3n) is 6.01. The summed E-state index contributed by atoms with van der Waals surface area (Å²) in [6.45, 7) is 3.23. The van der Waals surface area contributed by atoms with Crippen LogP contribution >= 0.6 is 11.3 Å². The zero-order valence-corrected chi connectivity index (χ0v) is 17.6. The second kappa shape index (κ2) is 7.68. The lowest BCUT2D eigenvalue weighted by molar-refractivity contribution is 0.0610. The summed E-state index contributed by atoms with van der Waals surface area (Å²) in [6, 6.07) is 9.71. The average molecular weight is 422 g/mol. The number of aromatic amines is 1. The van der Waals surface area contributed by atoms with Crippen molar-refractivity contribution in [3.05, 3.63) is 63.4 Å². The van der Waals surface area contributed by atoms with Gasteiger partial charge in [-0.1, -0.05) is 18.2 Å². The number of amides is 2. The van der Waals surface area contributed by atoms with Crippen molar-refractivity contribution in [2.24, 2.45) is 0 Å².